The summed E-state index contributed by atoms with van der Waals surface area (Å²) in [6.07, 6.45) is 3.12. The first-order valence-corrected chi connectivity index (χ1v) is 12.5. The number of carbonyl (C=O) groups is 2. The molecule has 0 bridgehead atoms. The van der Waals surface area contributed by atoms with Crippen molar-refractivity contribution >= 4 is 23.3 Å². The predicted molar refractivity (Wildman–Crippen MR) is 146 cm³/mol. The Bertz CT molecular complexity index is 1320. The fourth-order valence-electron chi connectivity index (χ4n) is 4.39. The number of benzene rings is 3. The van der Waals surface area contributed by atoms with Crippen LogP contribution in [0.4, 0.5) is 11.4 Å². The molecule has 1 aliphatic carbocycles. The summed E-state index contributed by atoms with van der Waals surface area (Å²) in [5, 5.41) is 46.7. The van der Waals surface area contributed by atoms with E-state index in [1.54, 1.807) is 18.2 Å². The first-order valence-electron chi connectivity index (χ1n) is 12.5. The van der Waals surface area contributed by atoms with Gasteiger partial charge in [-0.1, -0.05) is 60.7 Å². The number of carboxylic acids is 1. The molecule has 0 aromatic heterocycles. The van der Waals surface area contributed by atoms with E-state index in [0.717, 1.165) is 37.9 Å². The van der Waals surface area contributed by atoms with E-state index < -0.39 is 44.7 Å². The molecule has 3 aromatic carbocycles. The Hall–Kier alpha value is -4.68. The number of amides is 1. The zero-order valence-electron chi connectivity index (χ0n) is 21.7. The van der Waals surface area contributed by atoms with E-state index in [4.69, 9.17) is 0 Å². The normalized spacial score (nSPS) is 18.6. The van der Waals surface area contributed by atoms with Crippen LogP contribution in [0.1, 0.15) is 53.7 Å². The summed E-state index contributed by atoms with van der Waals surface area (Å²) in [6.45, 7) is 2.78. The summed E-state index contributed by atoms with van der Waals surface area (Å²) < 4.78 is 0. The molecule has 3 atom stereocenters. The highest BCUT2D eigenvalue weighted by molar-refractivity contribution is 5.98. The lowest BCUT2D eigenvalue weighted by molar-refractivity contribution is -0.394. The lowest BCUT2D eigenvalue weighted by atomic mass is 10.0. The molecule has 12 heteroatoms. The van der Waals surface area contributed by atoms with Crippen LogP contribution in [0, 0.1) is 20.2 Å². The van der Waals surface area contributed by atoms with Gasteiger partial charge in [0, 0.05) is 24.7 Å². The van der Waals surface area contributed by atoms with Crippen LogP contribution in [0.5, 0.6) is 0 Å². The third-order valence-corrected chi connectivity index (χ3v) is 6.56. The molecule has 3 aromatic rings. The maximum absolute atomic E-state index is 12.3. The first kappa shape index (κ1) is 29.9. The minimum Gasteiger partial charge on any atom is -0.479 e. The molecular weight excluding hydrogens is 520 g/mol. The molecule has 0 aliphatic heterocycles. The number of non-ortho nitro benzene ring substituents is 2. The average Bonchev–Trinajstić information content (AvgIpc) is 3.28. The first-order chi connectivity index (χ1) is 19.0. The fourth-order valence-corrected chi connectivity index (χ4v) is 4.39. The molecule has 1 aliphatic rings. The number of nitrogens with zero attached hydrogens (tertiary/aromatic N) is 2. The molecule has 0 spiro atoms. The quantitative estimate of drug-likeness (QED) is 0.224. The van der Waals surface area contributed by atoms with Gasteiger partial charge in [0.15, 0.2) is 6.04 Å². The standard InChI is InChI=1S/C15H11N3O7.C13H19NO/c19-14(16-13(15(20)21)9-4-2-1-3-5-9)10-6-11(17(22)23)8-12(7-10)18(24)25;1-13(15)9-5-8-12(13)14-10-11-6-3-2-4-7-11/h1-8,13H,(H,16,19)(H,20,21);2-4,6-7,12,14-15H,5,8-10H2,1H3/t13-;12-,13-/m01/s1. The van der Waals surface area contributed by atoms with Gasteiger partial charge in [-0.25, -0.2) is 4.79 Å². The number of aliphatic hydroxyl groups is 1. The summed E-state index contributed by atoms with van der Waals surface area (Å²) in [6, 6.07) is 19.3. The summed E-state index contributed by atoms with van der Waals surface area (Å²) in [5.74, 6) is -2.33. The van der Waals surface area contributed by atoms with Gasteiger partial charge in [0.05, 0.1) is 27.1 Å². The highest BCUT2D eigenvalue weighted by atomic mass is 16.6. The molecule has 0 saturated heterocycles. The molecule has 1 saturated carbocycles. The number of carboxylic acid groups (broad SMARTS) is 1. The molecule has 1 amide bonds. The lowest BCUT2D eigenvalue weighted by Crippen LogP contribution is -2.44. The van der Waals surface area contributed by atoms with Gasteiger partial charge < -0.3 is 20.8 Å². The fraction of sp³-hybridized carbons (Fsp3) is 0.286. The Labute approximate surface area is 230 Å². The molecule has 1 fully saturated rings. The van der Waals surface area contributed by atoms with Crippen molar-refractivity contribution in [2.75, 3.05) is 0 Å². The minimum atomic E-state index is -1.41. The molecule has 210 valence electrons. The zero-order chi connectivity index (χ0) is 29.3. The van der Waals surface area contributed by atoms with Crippen LogP contribution in [0.2, 0.25) is 0 Å². The van der Waals surface area contributed by atoms with Gasteiger partial charge in [0.2, 0.25) is 0 Å². The SMILES string of the molecule is C[C@@]1(O)CCC[C@H]1NCc1ccccc1.O=C(N[C@H](C(=O)O)c1ccccc1)c1cc([N+](=O)[O-])cc([N+](=O)[O-])c1. The monoisotopic (exact) mass is 550 g/mol. The van der Waals surface area contributed by atoms with Gasteiger partial charge in [-0.05, 0) is 37.3 Å². The van der Waals surface area contributed by atoms with Gasteiger partial charge in [-0.3, -0.25) is 25.0 Å². The molecule has 0 radical (unpaired) electrons. The maximum Gasteiger partial charge on any atom is 0.330 e. The molecule has 4 N–H and O–H groups in total. The molecule has 0 heterocycles. The largest absolute Gasteiger partial charge is 0.479 e. The summed E-state index contributed by atoms with van der Waals surface area (Å²) in [7, 11) is 0. The van der Waals surface area contributed by atoms with Crippen molar-refractivity contribution in [3.63, 3.8) is 0 Å². The highest BCUT2D eigenvalue weighted by Gasteiger charge is 2.36. The van der Waals surface area contributed by atoms with E-state index in [2.05, 4.69) is 22.8 Å². The van der Waals surface area contributed by atoms with Crippen LogP contribution in [-0.2, 0) is 11.3 Å². The molecular formula is C28H30N4O8. The van der Waals surface area contributed by atoms with Crippen molar-refractivity contribution in [1.29, 1.82) is 0 Å². The van der Waals surface area contributed by atoms with Crippen molar-refractivity contribution in [3.05, 3.63) is 116 Å². The van der Waals surface area contributed by atoms with Crippen LogP contribution in [0.25, 0.3) is 0 Å². The van der Waals surface area contributed by atoms with Gasteiger partial charge in [-0.2, -0.15) is 0 Å². The number of hydrogen-bond acceptors (Lipinski definition) is 8. The van der Waals surface area contributed by atoms with Gasteiger partial charge >= 0.3 is 5.97 Å². The second-order valence-electron chi connectivity index (χ2n) is 9.58. The minimum absolute atomic E-state index is 0.248. The third-order valence-electron chi connectivity index (χ3n) is 6.56. The summed E-state index contributed by atoms with van der Waals surface area (Å²) in [5.41, 5.74) is -0.641. The zero-order valence-corrected chi connectivity index (χ0v) is 21.7. The Balaban J connectivity index is 0.000000249. The van der Waals surface area contributed by atoms with Crippen molar-refractivity contribution < 1.29 is 29.6 Å². The Morgan fingerprint density at radius 3 is 2.00 bits per heavy atom. The van der Waals surface area contributed by atoms with E-state index >= 15 is 0 Å². The van der Waals surface area contributed by atoms with E-state index in [-0.39, 0.29) is 17.2 Å². The van der Waals surface area contributed by atoms with Crippen LogP contribution in [-0.4, -0.2) is 43.6 Å². The van der Waals surface area contributed by atoms with Crippen molar-refractivity contribution in [3.8, 4) is 0 Å². The number of rotatable bonds is 9. The second-order valence-corrected chi connectivity index (χ2v) is 9.58. The smallest absolute Gasteiger partial charge is 0.330 e. The van der Waals surface area contributed by atoms with Crippen LogP contribution in [0.3, 0.4) is 0 Å². The Morgan fingerprint density at radius 1 is 0.975 bits per heavy atom. The number of hydrogen-bond donors (Lipinski definition) is 4. The van der Waals surface area contributed by atoms with Crippen LogP contribution in [0.15, 0.2) is 78.9 Å². The Kier molecular flexibility index (Phi) is 10.0. The van der Waals surface area contributed by atoms with E-state index in [1.807, 2.05) is 25.1 Å². The van der Waals surface area contributed by atoms with Crippen LogP contribution < -0.4 is 10.6 Å². The number of nitrogens with one attached hydrogen (secondary N) is 2. The van der Waals surface area contributed by atoms with Gasteiger partial charge in [-0.15, -0.1) is 0 Å². The molecule has 40 heavy (non-hydrogen) atoms. The number of nitro benzene ring substituents is 2. The number of carbonyl (C=O) groups excluding carboxylic acids is 1. The third kappa shape index (κ3) is 8.16. The maximum atomic E-state index is 12.3. The highest BCUT2D eigenvalue weighted by Crippen LogP contribution is 2.29. The van der Waals surface area contributed by atoms with Crippen LogP contribution >= 0.6 is 0 Å². The summed E-state index contributed by atoms with van der Waals surface area (Å²) >= 11 is 0. The van der Waals surface area contributed by atoms with Gasteiger partial charge in [0.25, 0.3) is 17.3 Å². The second kappa shape index (κ2) is 13.4. The topological polar surface area (TPSA) is 185 Å². The van der Waals surface area contributed by atoms with Crippen molar-refractivity contribution in [1.82, 2.24) is 10.6 Å². The van der Waals surface area contributed by atoms with Gasteiger partial charge in [0.1, 0.15) is 0 Å². The number of nitro groups is 2. The summed E-state index contributed by atoms with van der Waals surface area (Å²) in [4.78, 5) is 43.6. The van der Waals surface area contributed by atoms with Crippen molar-refractivity contribution in [2.45, 2.75) is 50.4 Å². The van der Waals surface area contributed by atoms with E-state index in [9.17, 15) is 40.0 Å². The van der Waals surface area contributed by atoms with E-state index in [1.165, 1.54) is 17.7 Å². The predicted octanol–water partition coefficient (Wildman–Crippen LogP) is 4.14. The average molecular weight is 551 g/mol. The number of aliphatic carboxylic acids is 1. The molecule has 12 nitrogen and oxygen atoms in total. The van der Waals surface area contributed by atoms with E-state index in [0.29, 0.717) is 6.07 Å². The van der Waals surface area contributed by atoms with Crippen molar-refractivity contribution in [2.24, 2.45) is 0 Å². The Morgan fingerprint density at radius 2 is 1.52 bits per heavy atom. The molecule has 0 unspecified atom stereocenters. The lowest BCUT2D eigenvalue weighted by Gasteiger charge is -2.26. The molecule has 4 rings (SSSR count).